The number of carbonyl (C=O) groups is 1. The molecule has 138 valence electrons. The topological polar surface area (TPSA) is 87.9 Å². The maximum Gasteiger partial charge on any atom is 0.435 e. The predicted octanol–water partition coefficient (Wildman–Crippen LogP) is 2.40. The summed E-state index contributed by atoms with van der Waals surface area (Å²) in [4.78, 5) is 20.5. The first-order valence-electron chi connectivity index (χ1n) is 7.36. The Labute approximate surface area is 150 Å². The van der Waals surface area contributed by atoms with Crippen LogP contribution in [-0.2, 0) is 15.1 Å². The number of halogens is 4. The van der Waals surface area contributed by atoms with Crippen molar-refractivity contribution < 1.29 is 27.8 Å². The maximum absolute atomic E-state index is 13.5. The molecular weight excluding hydrogens is 377 g/mol. The van der Waals surface area contributed by atoms with Crippen LogP contribution in [0.15, 0.2) is 23.3 Å². The molecule has 0 radical (unpaired) electrons. The average Bonchev–Trinajstić information content (AvgIpc) is 2.56. The molecule has 1 unspecified atom stereocenters. The number of esters is 1. The summed E-state index contributed by atoms with van der Waals surface area (Å²) in [7, 11) is 1.20. The molecule has 0 amide bonds. The zero-order valence-electron chi connectivity index (χ0n) is 13.5. The van der Waals surface area contributed by atoms with Crippen LogP contribution < -0.4 is 5.01 Å². The Bertz CT molecular complexity index is 934. The fourth-order valence-corrected chi connectivity index (χ4v) is 2.73. The van der Waals surface area contributed by atoms with Crippen molar-refractivity contribution >= 4 is 40.1 Å². The molecule has 26 heavy (non-hydrogen) atoms. The number of hydrogen-bond acceptors (Lipinski definition) is 7. The van der Waals surface area contributed by atoms with Crippen LogP contribution in [0.3, 0.4) is 0 Å². The van der Waals surface area contributed by atoms with E-state index in [4.69, 9.17) is 11.6 Å². The van der Waals surface area contributed by atoms with E-state index in [-0.39, 0.29) is 23.0 Å². The minimum absolute atomic E-state index is 0.107. The number of aromatic nitrogens is 2. The molecule has 0 aliphatic carbocycles. The Balaban J connectivity index is 2.35. The molecule has 3 rings (SSSR count). The van der Waals surface area contributed by atoms with E-state index in [9.17, 15) is 23.1 Å². The highest BCUT2D eigenvalue weighted by molar-refractivity contribution is 6.31. The normalized spacial score (nSPS) is 20.0. The highest BCUT2D eigenvalue weighted by atomic mass is 35.5. The van der Waals surface area contributed by atoms with Crippen molar-refractivity contribution in [2.24, 2.45) is 5.10 Å². The van der Waals surface area contributed by atoms with Crippen LogP contribution in [0.5, 0.6) is 0 Å². The highest BCUT2D eigenvalue weighted by Gasteiger charge is 2.61. The molecule has 1 atom stereocenters. The molecule has 0 fully saturated rings. The van der Waals surface area contributed by atoms with E-state index in [1.165, 1.54) is 32.2 Å². The molecule has 0 saturated heterocycles. The van der Waals surface area contributed by atoms with Gasteiger partial charge in [0.2, 0.25) is 0 Å². The fourth-order valence-electron chi connectivity index (χ4n) is 2.56. The van der Waals surface area contributed by atoms with E-state index in [0.29, 0.717) is 5.52 Å². The molecule has 0 spiro atoms. The molecule has 2 heterocycles. The molecule has 1 N–H and O–H groups in total. The third-order valence-corrected chi connectivity index (χ3v) is 3.92. The third-order valence-electron chi connectivity index (χ3n) is 3.69. The SMILES string of the molecule is CCOC(=O)C1(O)C(C(F)(F)F)=NN(C)c2nc3ccc(Cl)cc3nc21. The quantitative estimate of drug-likeness (QED) is 0.795. The number of aliphatic hydroxyl groups is 1. The van der Waals surface area contributed by atoms with Crippen LogP contribution >= 0.6 is 11.6 Å². The minimum Gasteiger partial charge on any atom is -0.463 e. The van der Waals surface area contributed by atoms with Gasteiger partial charge in [-0.1, -0.05) is 11.6 Å². The van der Waals surface area contributed by atoms with E-state index in [0.717, 1.165) is 5.01 Å². The summed E-state index contributed by atoms with van der Waals surface area (Å²) in [5.74, 6) is -1.75. The number of alkyl halides is 3. The standard InChI is InChI=1S/C15H12ClF3N4O3/c1-3-26-13(24)14(25)10-11(23(2)22-12(14)15(17,18)19)21-8-5-4-7(16)6-9(8)20-10/h4-6,25H,3H2,1-2H3. The van der Waals surface area contributed by atoms with Crippen LogP contribution in [0.4, 0.5) is 19.0 Å². The number of hydrazone groups is 1. The number of ether oxygens (including phenoxy) is 1. The Morgan fingerprint density at radius 2 is 2.04 bits per heavy atom. The van der Waals surface area contributed by atoms with E-state index in [1.807, 2.05) is 0 Å². The molecule has 2 aromatic rings. The van der Waals surface area contributed by atoms with Gasteiger partial charge in [0, 0.05) is 12.1 Å². The van der Waals surface area contributed by atoms with E-state index in [2.05, 4.69) is 19.8 Å². The van der Waals surface area contributed by atoms with Gasteiger partial charge in [-0.05, 0) is 25.1 Å². The second kappa shape index (κ2) is 6.06. The van der Waals surface area contributed by atoms with Crippen LogP contribution in [0.25, 0.3) is 11.0 Å². The summed E-state index contributed by atoms with van der Waals surface area (Å²) in [5, 5.41) is 15.2. The van der Waals surface area contributed by atoms with Gasteiger partial charge in [0.15, 0.2) is 11.5 Å². The number of rotatable bonds is 2. The lowest BCUT2D eigenvalue weighted by Crippen LogP contribution is -2.55. The van der Waals surface area contributed by atoms with Gasteiger partial charge >= 0.3 is 12.1 Å². The van der Waals surface area contributed by atoms with Crippen LogP contribution in [0, 0.1) is 0 Å². The van der Waals surface area contributed by atoms with Crippen molar-refractivity contribution in [1.29, 1.82) is 0 Å². The number of fused-ring (bicyclic) bond motifs is 2. The van der Waals surface area contributed by atoms with E-state index in [1.54, 1.807) is 0 Å². The molecule has 11 heteroatoms. The van der Waals surface area contributed by atoms with Crippen molar-refractivity contribution in [3.8, 4) is 0 Å². The lowest BCUT2D eigenvalue weighted by Gasteiger charge is -2.34. The van der Waals surface area contributed by atoms with Gasteiger partial charge in [0.05, 0.1) is 17.6 Å². The lowest BCUT2D eigenvalue weighted by atomic mass is 9.90. The summed E-state index contributed by atoms with van der Waals surface area (Å²) in [6, 6.07) is 4.38. The first kappa shape index (κ1) is 18.3. The molecule has 1 aliphatic rings. The first-order chi connectivity index (χ1) is 12.1. The van der Waals surface area contributed by atoms with Crippen LogP contribution in [0.2, 0.25) is 5.02 Å². The summed E-state index contributed by atoms with van der Waals surface area (Å²) in [6.45, 7) is 1.15. The van der Waals surface area contributed by atoms with E-state index >= 15 is 0 Å². The van der Waals surface area contributed by atoms with Crippen molar-refractivity contribution in [2.75, 3.05) is 18.7 Å². The van der Waals surface area contributed by atoms with Crippen molar-refractivity contribution in [3.63, 3.8) is 0 Å². The Morgan fingerprint density at radius 3 is 2.65 bits per heavy atom. The lowest BCUT2D eigenvalue weighted by molar-refractivity contribution is -0.163. The number of carbonyl (C=O) groups excluding carboxylic acids is 1. The zero-order chi connectivity index (χ0) is 19.3. The minimum atomic E-state index is -5.11. The molecular formula is C15H12ClF3N4O3. The summed E-state index contributed by atoms with van der Waals surface area (Å²) >= 11 is 5.88. The summed E-state index contributed by atoms with van der Waals surface area (Å²) < 4.78 is 45.1. The summed E-state index contributed by atoms with van der Waals surface area (Å²) in [6.07, 6.45) is -5.11. The Kier molecular flexibility index (Phi) is 4.27. The number of benzene rings is 1. The molecule has 0 saturated carbocycles. The van der Waals surface area contributed by atoms with Gasteiger partial charge in [-0.15, -0.1) is 0 Å². The number of anilines is 1. The van der Waals surface area contributed by atoms with Gasteiger partial charge < -0.3 is 9.84 Å². The molecule has 7 nitrogen and oxygen atoms in total. The molecule has 1 aliphatic heterocycles. The largest absolute Gasteiger partial charge is 0.463 e. The van der Waals surface area contributed by atoms with Gasteiger partial charge in [0.25, 0.3) is 5.60 Å². The van der Waals surface area contributed by atoms with Gasteiger partial charge in [-0.3, -0.25) is 0 Å². The van der Waals surface area contributed by atoms with Gasteiger partial charge in [0.1, 0.15) is 5.69 Å². The predicted molar refractivity (Wildman–Crippen MR) is 87.0 cm³/mol. The number of hydrogen-bond donors (Lipinski definition) is 1. The van der Waals surface area contributed by atoms with Gasteiger partial charge in [-0.25, -0.2) is 19.8 Å². The monoisotopic (exact) mass is 388 g/mol. The molecule has 1 aromatic heterocycles. The second-order valence-corrected chi connectivity index (χ2v) is 5.87. The third kappa shape index (κ3) is 2.74. The Hall–Kier alpha value is -2.46. The second-order valence-electron chi connectivity index (χ2n) is 5.43. The van der Waals surface area contributed by atoms with Crippen LogP contribution in [0.1, 0.15) is 12.6 Å². The van der Waals surface area contributed by atoms with Crippen molar-refractivity contribution in [1.82, 2.24) is 9.97 Å². The van der Waals surface area contributed by atoms with Crippen molar-refractivity contribution in [2.45, 2.75) is 18.7 Å². The fraction of sp³-hybridized carbons (Fsp3) is 0.333. The van der Waals surface area contributed by atoms with Crippen LogP contribution in [-0.4, -0.2) is 46.6 Å². The molecule has 0 bridgehead atoms. The first-order valence-corrected chi connectivity index (χ1v) is 7.74. The Morgan fingerprint density at radius 1 is 1.35 bits per heavy atom. The zero-order valence-corrected chi connectivity index (χ0v) is 14.3. The maximum atomic E-state index is 13.5. The van der Waals surface area contributed by atoms with Gasteiger partial charge in [-0.2, -0.15) is 18.3 Å². The van der Waals surface area contributed by atoms with Crippen molar-refractivity contribution in [3.05, 3.63) is 28.9 Å². The summed E-state index contributed by atoms with van der Waals surface area (Å²) in [5.41, 5.74) is -5.23. The smallest absolute Gasteiger partial charge is 0.435 e. The molecule has 1 aromatic carbocycles. The van der Waals surface area contributed by atoms with E-state index < -0.39 is 29.2 Å². The number of nitrogens with zero attached hydrogens (tertiary/aromatic N) is 4. The highest BCUT2D eigenvalue weighted by Crippen LogP contribution is 2.41. The average molecular weight is 389 g/mol.